The summed E-state index contributed by atoms with van der Waals surface area (Å²) in [6, 6.07) is 66.4. The van der Waals surface area contributed by atoms with Gasteiger partial charge in [-0.1, -0.05) is 170 Å². The van der Waals surface area contributed by atoms with Gasteiger partial charge in [0.25, 0.3) is 0 Å². The van der Waals surface area contributed by atoms with Crippen molar-refractivity contribution in [3.05, 3.63) is 205 Å². The molecule has 0 spiro atoms. The van der Waals surface area contributed by atoms with E-state index in [1.807, 2.05) is 12.1 Å². The zero-order valence-electron chi connectivity index (χ0n) is 29.8. The van der Waals surface area contributed by atoms with Gasteiger partial charge in [0.2, 0.25) is 0 Å². The highest BCUT2D eigenvalue weighted by Crippen LogP contribution is 2.42. The molecule has 9 aromatic carbocycles. The van der Waals surface area contributed by atoms with Gasteiger partial charge in [0.15, 0.2) is 6.17 Å². The maximum atomic E-state index is 6.73. The third-order valence-corrected chi connectivity index (χ3v) is 10.9. The summed E-state index contributed by atoms with van der Waals surface area (Å²) >= 11 is 0. The first-order valence-electron chi connectivity index (χ1n) is 18.7. The van der Waals surface area contributed by atoms with Gasteiger partial charge in [-0.05, 0) is 67.2 Å². The van der Waals surface area contributed by atoms with Crippen molar-refractivity contribution in [3.8, 4) is 22.3 Å². The fraction of sp³-hybridized carbons (Fsp3) is 0.0196. The minimum atomic E-state index is -0.523. The second-order valence-electron chi connectivity index (χ2n) is 14.2. The summed E-state index contributed by atoms with van der Waals surface area (Å²) in [5.74, 6) is 1.55. The van der Waals surface area contributed by atoms with Crippen LogP contribution in [0, 0.1) is 0 Å². The summed E-state index contributed by atoms with van der Waals surface area (Å²) in [6.07, 6.45) is -0.523. The van der Waals surface area contributed by atoms with E-state index in [9.17, 15) is 0 Å². The Morgan fingerprint density at radius 1 is 0.400 bits per heavy atom. The molecule has 1 unspecified atom stereocenters. The molecule has 0 fully saturated rings. The normalized spacial score (nSPS) is 14.4. The number of para-hydroxylation sites is 1. The largest absolute Gasteiger partial charge is 0.455 e. The van der Waals surface area contributed by atoms with Crippen LogP contribution in [0.15, 0.2) is 202 Å². The number of aliphatic imine (C=N–C) groups is 2. The lowest BCUT2D eigenvalue weighted by Crippen LogP contribution is -2.36. The van der Waals surface area contributed by atoms with E-state index in [0.717, 1.165) is 72.4 Å². The van der Waals surface area contributed by atoms with Gasteiger partial charge in [-0.2, -0.15) is 0 Å². The van der Waals surface area contributed by atoms with Gasteiger partial charge in [0, 0.05) is 33.0 Å². The standard InChI is InChI=1S/C51H33N3O/c1-3-13-37-30-39(26-20-32(37)10-1)43-28-29-45(47-44-17-7-8-19-46(44)55-48(43)47)51-53-49(52-50(54-51)40-27-21-33-11-2-4-14-38(33)31-40)36-24-22-35(23-25-36)42-18-9-15-34-12-5-6-16-41(34)42/h1-31,51H,(H,52,53,54). The van der Waals surface area contributed by atoms with Gasteiger partial charge < -0.3 is 9.73 Å². The lowest BCUT2D eigenvalue weighted by molar-refractivity contribution is 0.668. The Morgan fingerprint density at radius 2 is 0.964 bits per heavy atom. The summed E-state index contributed by atoms with van der Waals surface area (Å²) in [6.45, 7) is 0. The van der Waals surface area contributed by atoms with Gasteiger partial charge in [-0.15, -0.1) is 0 Å². The molecule has 1 aliphatic rings. The summed E-state index contributed by atoms with van der Waals surface area (Å²) in [5.41, 5.74) is 9.19. The quantitative estimate of drug-likeness (QED) is 0.194. The average Bonchev–Trinajstić information content (AvgIpc) is 3.65. The molecule has 0 amide bonds. The Labute approximate surface area is 317 Å². The molecule has 1 aliphatic heterocycles. The molecular weight excluding hydrogens is 671 g/mol. The van der Waals surface area contributed by atoms with Crippen LogP contribution in [-0.4, -0.2) is 11.7 Å². The van der Waals surface area contributed by atoms with E-state index in [-0.39, 0.29) is 0 Å². The number of furan rings is 1. The summed E-state index contributed by atoms with van der Waals surface area (Å²) < 4.78 is 6.73. The molecule has 1 atom stereocenters. The first-order chi connectivity index (χ1) is 27.2. The number of nitrogens with zero attached hydrogens (tertiary/aromatic N) is 2. The Hall–Kier alpha value is -7.30. The maximum absolute atomic E-state index is 6.73. The van der Waals surface area contributed by atoms with Crippen molar-refractivity contribution in [2.45, 2.75) is 6.17 Å². The zero-order valence-corrected chi connectivity index (χ0v) is 29.8. The first-order valence-corrected chi connectivity index (χ1v) is 18.7. The third-order valence-electron chi connectivity index (χ3n) is 10.9. The van der Waals surface area contributed by atoms with Crippen molar-refractivity contribution in [2.24, 2.45) is 9.98 Å². The van der Waals surface area contributed by atoms with Crippen molar-refractivity contribution in [3.63, 3.8) is 0 Å². The van der Waals surface area contributed by atoms with E-state index in [4.69, 9.17) is 14.4 Å². The monoisotopic (exact) mass is 703 g/mol. The number of fused-ring (bicyclic) bond motifs is 6. The molecule has 11 rings (SSSR count). The molecule has 55 heavy (non-hydrogen) atoms. The molecule has 10 aromatic rings. The fourth-order valence-electron chi connectivity index (χ4n) is 8.16. The predicted octanol–water partition coefficient (Wildman–Crippen LogP) is 12.9. The molecule has 0 saturated carbocycles. The van der Waals surface area contributed by atoms with Crippen LogP contribution in [0.3, 0.4) is 0 Å². The zero-order chi connectivity index (χ0) is 36.3. The highest BCUT2D eigenvalue weighted by Gasteiger charge is 2.26. The number of amidine groups is 2. The SMILES string of the molecule is c1ccc2cc(C3=NC(c4ccc(-c5ccc6ccccc6c5)c5oc6ccccc6c45)N=C(c4ccc(-c5cccc6ccccc56)cc4)N3)ccc2c1. The Kier molecular flexibility index (Phi) is 7.20. The van der Waals surface area contributed by atoms with Crippen LogP contribution >= 0.6 is 0 Å². The van der Waals surface area contributed by atoms with Crippen molar-refractivity contribution in [1.29, 1.82) is 0 Å². The highest BCUT2D eigenvalue weighted by molar-refractivity contribution is 6.18. The van der Waals surface area contributed by atoms with Crippen LogP contribution in [0.5, 0.6) is 0 Å². The molecule has 0 bridgehead atoms. The number of hydrogen-bond acceptors (Lipinski definition) is 4. The van der Waals surface area contributed by atoms with Crippen LogP contribution in [0.2, 0.25) is 0 Å². The topological polar surface area (TPSA) is 49.9 Å². The predicted molar refractivity (Wildman–Crippen MR) is 229 cm³/mol. The Bertz CT molecular complexity index is 3180. The summed E-state index contributed by atoms with van der Waals surface area (Å²) in [4.78, 5) is 10.7. The second-order valence-corrected chi connectivity index (χ2v) is 14.2. The van der Waals surface area contributed by atoms with Crippen molar-refractivity contribution < 1.29 is 4.42 Å². The van der Waals surface area contributed by atoms with Gasteiger partial charge in [0.05, 0.1) is 0 Å². The molecule has 4 heteroatoms. The van der Waals surface area contributed by atoms with Crippen LogP contribution < -0.4 is 5.32 Å². The molecule has 1 aromatic heterocycles. The summed E-state index contributed by atoms with van der Waals surface area (Å²) in [7, 11) is 0. The summed E-state index contributed by atoms with van der Waals surface area (Å²) in [5, 5.41) is 12.9. The minimum Gasteiger partial charge on any atom is -0.455 e. The van der Waals surface area contributed by atoms with E-state index in [1.54, 1.807) is 0 Å². The smallest absolute Gasteiger partial charge is 0.170 e. The lowest BCUT2D eigenvalue weighted by Gasteiger charge is -2.23. The van der Waals surface area contributed by atoms with Gasteiger partial charge >= 0.3 is 0 Å². The van der Waals surface area contributed by atoms with E-state index in [2.05, 4.69) is 181 Å². The van der Waals surface area contributed by atoms with E-state index < -0.39 is 6.17 Å². The van der Waals surface area contributed by atoms with Crippen LogP contribution in [0.1, 0.15) is 22.9 Å². The van der Waals surface area contributed by atoms with E-state index in [1.165, 1.54) is 32.5 Å². The van der Waals surface area contributed by atoms with Crippen molar-refractivity contribution in [2.75, 3.05) is 0 Å². The molecule has 258 valence electrons. The fourth-order valence-corrected chi connectivity index (χ4v) is 8.16. The van der Waals surface area contributed by atoms with Crippen LogP contribution in [0.4, 0.5) is 0 Å². The molecule has 0 radical (unpaired) electrons. The third kappa shape index (κ3) is 5.38. The molecule has 0 saturated heterocycles. The maximum Gasteiger partial charge on any atom is 0.170 e. The van der Waals surface area contributed by atoms with Crippen LogP contribution in [-0.2, 0) is 0 Å². The lowest BCUT2D eigenvalue weighted by atomic mass is 9.95. The molecule has 1 N–H and O–H groups in total. The molecular formula is C51H33N3O. The Balaban J connectivity index is 1.08. The highest BCUT2D eigenvalue weighted by atomic mass is 16.3. The number of nitrogens with one attached hydrogen (secondary N) is 1. The van der Waals surface area contributed by atoms with E-state index >= 15 is 0 Å². The van der Waals surface area contributed by atoms with Crippen LogP contribution in [0.25, 0.3) is 76.5 Å². The molecule has 4 nitrogen and oxygen atoms in total. The number of rotatable bonds is 5. The Morgan fingerprint density at radius 3 is 1.73 bits per heavy atom. The number of hydrogen-bond donors (Lipinski definition) is 1. The van der Waals surface area contributed by atoms with Gasteiger partial charge in [-0.3, -0.25) is 0 Å². The first kappa shape index (κ1) is 31.2. The molecule has 0 aliphatic carbocycles. The average molecular weight is 704 g/mol. The van der Waals surface area contributed by atoms with Crippen molar-refractivity contribution in [1.82, 2.24) is 5.32 Å². The van der Waals surface area contributed by atoms with Gasteiger partial charge in [0.1, 0.15) is 22.8 Å². The minimum absolute atomic E-state index is 0.523. The van der Waals surface area contributed by atoms with Crippen molar-refractivity contribution >= 4 is 65.9 Å². The van der Waals surface area contributed by atoms with E-state index in [0.29, 0.717) is 0 Å². The van der Waals surface area contributed by atoms with Gasteiger partial charge in [-0.25, -0.2) is 9.98 Å². The number of benzene rings is 9. The molecule has 2 heterocycles. The second kappa shape index (κ2) is 12.7.